The Balaban J connectivity index is 2.87. The molecule has 0 aliphatic rings. The number of pyridine rings is 1. The highest BCUT2D eigenvalue weighted by atomic mass is 16.5. The van der Waals surface area contributed by atoms with Crippen LogP contribution in [0.4, 0.5) is 0 Å². The van der Waals surface area contributed by atoms with Gasteiger partial charge >= 0.3 is 5.97 Å². The zero-order valence-corrected chi connectivity index (χ0v) is 8.38. The van der Waals surface area contributed by atoms with E-state index in [1.807, 2.05) is 0 Å². The fourth-order valence-corrected chi connectivity index (χ4v) is 1.39. The molecule has 0 aliphatic heterocycles. The average Bonchev–Trinajstić information content (AvgIpc) is 2.28. The second-order valence-corrected chi connectivity index (χ2v) is 3.05. The third-order valence-corrected chi connectivity index (χ3v) is 2.15. The number of ether oxygens (including phenoxy) is 1. The zero-order valence-electron chi connectivity index (χ0n) is 8.38. The molecule has 0 spiro atoms. The lowest BCUT2D eigenvalue weighted by Gasteiger charge is -2.05. The topological polar surface area (TPSA) is 80.9 Å². The molecule has 0 fully saturated rings. The van der Waals surface area contributed by atoms with E-state index >= 15 is 0 Å². The maximum Gasteiger partial charge on any atom is 0.342 e. The summed E-state index contributed by atoms with van der Waals surface area (Å²) in [4.78, 5) is 26.4. The molecule has 0 saturated carbocycles. The van der Waals surface area contributed by atoms with Gasteiger partial charge in [0, 0.05) is 12.4 Å². The molecular weight excluding hydrogens is 212 g/mol. The van der Waals surface area contributed by atoms with Crippen LogP contribution in [0.1, 0.15) is 10.4 Å². The third kappa shape index (κ3) is 1.40. The van der Waals surface area contributed by atoms with Crippen molar-refractivity contribution in [3.05, 3.63) is 40.4 Å². The summed E-state index contributed by atoms with van der Waals surface area (Å²) >= 11 is 0. The Morgan fingerprint density at radius 2 is 2.31 bits per heavy atom. The summed E-state index contributed by atoms with van der Waals surface area (Å²) < 4.78 is 6.15. The van der Waals surface area contributed by atoms with Crippen molar-refractivity contribution in [2.45, 2.75) is 0 Å². The number of fused-ring (bicyclic) bond motifs is 1. The lowest BCUT2D eigenvalue weighted by Crippen LogP contribution is -2.22. The summed E-state index contributed by atoms with van der Waals surface area (Å²) in [7, 11) is 1.45. The molecule has 0 unspecified atom stereocenters. The molecule has 0 saturated heterocycles. The smallest absolute Gasteiger partial charge is 0.342 e. The first kappa shape index (κ1) is 10.2. The SMILES string of the molecule is COc1cccn2c(=O)c(C(=O)O)cnc12. The van der Waals surface area contributed by atoms with Crippen LogP contribution in [-0.2, 0) is 0 Å². The van der Waals surface area contributed by atoms with E-state index < -0.39 is 11.5 Å². The van der Waals surface area contributed by atoms with Gasteiger partial charge in [-0.05, 0) is 12.1 Å². The molecule has 2 aromatic rings. The summed E-state index contributed by atoms with van der Waals surface area (Å²) in [6.07, 6.45) is 2.47. The third-order valence-electron chi connectivity index (χ3n) is 2.15. The van der Waals surface area contributed by atoms with Crippen molar-refractivity contribution < 1.29 is 14.6 Å². The second kappa shape index (κ2) is 3.65. The lowest BCUT2D eigenvalue weighted by atomic mass is 10.3. The van der Waals surface area contributed by atoms with Gasteiger partial charge in [0.25, 0.3) is 5.56 Å². The molecule has 0 aromatic carbocycles. The van der Waals surface area contributed by atoms with E-state index in [1.54, 1.807) is 12.1 Å². The van der Waals surface area contributed by atoms with E-state index in [1.165, 1.54) is 13.3 Å². The molecule has 0 atom stereocenters. The summed E-state index contributed by atoms with van der Waals surface area (Å²) in [5.41, 5.74) is -0.706. The van der Waals surface area contributed by atoms with Crippen LogP contribution in [0.15, 0.2) is 29.3 Å². The first-order valence-electron chi connectivity index (χ1n) is 4.43. The van der Waals surface area contributed by atoms with E-state index in [0.717, 1.165) is 10.6 Å². The van der Waals surface area contributed by atoms with E-state index in [9.17, 15) is 9.59 Å². The molecular formula is C10H8N2O4. The van der Waals surface area contributed by atoms with Crippen molar-refractivity contribution >= 4 is 11.6 Å². The highest BCUT2D eigenvalue weighted by Gasteiger charge is 2.12. The van der Waals surface area contributed by atoms with E-state index in [2.05, 4.69) is 4.98 Å². The molecule has 2 heterocycles. The standard InChI is InChI=1S/C10H8N2O4/c1-16-7-3-2-4-12-8(7)11-5-6(9(12)13)10(14)15/h2-5H,1H3,(H,14,15). The number of carboxylic acids is 1. The number of rotatable bonds is 2. The number of aromatic nitrogens is 2. The van der Waals surface area contributed by atoms with Crippen LogP contribution < -0.4 is 10.3 Å². The van der Waals surface area contributed by atoms with Crippen LogP contribution in [-0.4, -0.2) is 27.6 Å². The van der Waals surface area contributed by atoms with E-state index in [0.29, 0.717) is 11.4 Å². The van der Waals surface area contributed by atoms with Crippen LogP contribution in [0, 0.1) is 0 Å². The Morgan fingerprint density at radius 1 is 1.56 bits per heavy atom. The molecule has 6 nitrogen and oxygen atoms in total. The maximum absolute atomic E-state index is 11.7. The molecule has 0 amide bonds. The molecule has 6 heteroatoms. The van der Waals surface area contributed by atoms with Gasteiger partial charge in [0.05, 0.1) is 7.11 Å². The Kier molecular flexibility index (Phi) is 2.32. The van der Waals surface area contributed by atoms with Gasteiger partial charge in [-0.15, -0.1) is 0 Å². The zero-order chi connectivity index (χ0) is 11.7. The number of nitrogens with zero attached hydrogens (tertiary/aromatic N) is 2. The quantitative estimate of drug-likeness (QED) is 0.792. The fourth-order valence-electron chi connectivity index (χ4n) is 1.39. The molecule has 16 heavy (non-hydrogen) atoms. The monoisotopic (exact) mass is 220 g/mol. The van der Waals surface area contributed by atoms with Crippen molar-refractivity contribution in [2.75, 3.05) is 7.11 Å². The number of aromatic carboxylic acids is 1. The Bertz CT molecular complexity index is 618. The van der Waals surface area contributed by atoms with Gasteiger partial charge in [-0.1, -0.05) is 0 Å². The normalized spacial score (nSPS) is 10.3. The minimum absolute atomic E-state index is 0.292. The first-order valence-corrected chi connectivity index (χ1v) is 4.43. The molecule has 82 valence electrons. The van der Waals surface area contributed by atoms with Gasteiger partial charge in [0.2, 0.25) is 0 Å². The molecule has 2 aromatic heterocycles. The minimum atomic E-state index is -1.30. The fraction of sp³-hybridized carbons (Fsp3) is 0.100. The Labute approximate surface area is 89.7 Å². The van der Waals surface area contributed by atoms with Crippen molar-refractivity contribution in [1.82, 2.24) is 9.38 Å². The number of carbonyl (C=O) groups is 1. The van der Waals surface area contributed by atoms with Gasteiger partial charge < -0.3 is 9.84 Å². The van der Waals surface area contributed by atoms with Crippen LogP contribution in [0.25, 0.3) is 5.65 Å². The molecule has 0 radical (unpaired) electrons. The van der Waals surface area contributed by atoms with Crippen molar-refractivity contribution in [3.8, 4) is 5.75 Å². The summed E-state index contributed by atoms with van der Waals surface area (Å²) in [5, 5.41) is 8.77. The number of carboxylic acid groups (broad SMARTS) is 1. The number of methoxy groups -OCH3 is 1. The minimum Gasteiger partial charge on any atom is -0.493 e. The highest BCUT2D eigenvalue weighted by molar-refractivity contribution is 5.87. The Morgan fingerprint density at radius 3 is 2.94 bits per heavy atom. The van der Waals surface area contributed by atoms with E-state index in [4.69, 9.17) is 9.84 Å². The van der Waals surface area contributed by atoms with Crippen molar-refractivity contribution in [3.63, 3.8) is 0 Å². The van der Waals surface area contributed by atoms with Gasteiger partial charge in [-0.25, -0.2) is 9.78 Å². The van der Waals surface area contributed by atoms with Crippen molar-refractivity contribution in [2.24, 2.45) is 0 Å². The van der Waals surface area contributed by atoms with E-state index in [-0.39, 0.29) is 5.56 Å². The highest BCUT2D eigenvalue weighted by Crippen LogP contribution is 2.14. The molecule has 0 bridgehead atoms. The average molecular weight is 220 g/mol. The lowest BCUT2D eigenvalue weighted by molar-refractivity contribution is 0.0694. The summed E-state index contributed by atoms with van der Waals surface area (Å²) in [5.74, 6) is -0.883. The van der Waals surface area contributed by atoms with Crippen molar-refractivity contribution in [1.29, 1.82) is 0 Å². The molecule has 2 rings (SSSR count). The second-order valence-electron chi connectivity index (χ2n) is 3.05. The molecule has 0 aliphatic carbocycles. The summed E-state index contributed by atoms with van der Waals surface area (Å²) in [6, 6.07) is 3.22. The van der Waals surface area contributed by atoms with Crippen LogP contribution >= 0.6 is 0 Å². The Hall–Kier alpha value is -2.37. The van der Waals surface area contributed by atoms with Gasteiger partial charge in [0.15, 0.2) is 11.4 Å². The van der Waals surface area contributed by atoms with Crippen LogP contribution in [0.2, 0.25) is 0 Å². The van der Waals surface area contributed by atoms with Crippen LogP contribution in [0.3, 0.4) is 0 Å². The van der Waals surface area contributed by atoms with Gasteiger partial charge in [-0.3, -0.25) is 9.20 Å². The first-order chi connectivity index (χ1) is 7.65. The van der Waals surface area contributed by atoms with Crippen LogP contribution in [0.5, 0.6) is 5.75 Å². The van der Waals surface area contributed by atoms with Gasteiger partial charge in [0.1, 0.15) is 5.56 Å². The predicted octanol–water partition coefficient (Wildman–Crippen LogP) is 0.401. The molecule has 1 N–H and O–H groups in total. The predicted molar refractivity (Wildman–Crippen MR) is 55.0 cm³/mol. The number of hydrogen-bond acceptors (Lipinski definition) is 4. The van der Waals surface area contributed by atoms with Gasteiger partial charge in [-0.2, -0.15) is 0 Å². The maximum atomic E-state index is 11.7. The number of hydrogen-bond donors (Lipinski definition) is 1. The summed E-state index contributed by atoms with van der Waals surface area (Å²) in [6.45, 7) is 0. The largest absolute Gasteiger partial charge is 0.493 e.